The van der Waals surface area contributed by atoms with Crippen molar-refractivity contribution in [2.45, 2.75) is 32.1 Å². The van der Waals surface area contributed by atoms with Crippen LogP contribution < -0.4 is 5.30 Å². The first kappa shape index (κ1) is 13.6. The number of benzene rings is 1. The molecule has 0 spiro atoms. The van der Waals surface area contributed by atoms with Crippen LogP contribution in [0.3, 0.4) is 0 Å². The van der Waals surface area contributed by atoms with Crippen molar-refractivity contribution in [2.24, 2.45) is 0 Å². The average molecular weight is 280 g/mol. The monoisotopic (exact) mass is 280 g/mol. The number of aryl methyl sites for hydroxylation is 3. The van der Waals surface area contributed by atoms with Crippen LogP contribution in [-0.2, 0) is 0 Å². The molecule has 2 aliphatic carbocycles. The van der Waals surface area contributed by atoms with Crippen molar-refractivity contribution >= 4 is 13.2 Å². The second-order valence-corrected chi connectivity index (χ2v) is 8.13. The molecule has 102 valence electrons. The molecule has 0 amide bonds. The zero-order valence-corrected chi connectivity index (χ0v) is 13.3. The van der Waals surface area contributed by atoms with Crippen LogP contribution in [0, 0.1) is 20.8 Å². The molecule has 0 bridgehead atoms. The van der Waals surface area contributed by atoms with Crippen LogP contribution in [0.5, 0.6) is 0 Å². The SMILES string of the molecule is Cc1cc(C)c(P(C2C=CC=C2)C2C=CC=C2)c(C)c1. The normalized spacial score (nSPS) is 18.0. The van der Waals surface area contributed by atoms with Gasteiger partial charge in [-0.05, 0) is 37.2 Å². The lowest BCUT2D eigenvalue weighted by molar-refractivity contribution is 1.31. The molecule has 0 N–H and O–H groups in total. The van der Waals surface area contributed by atoms with Crippen molar-refractivity contribution < 1.29 is 0 Å². The Balaban J connectivity index is 2.10. The Hall–Kier alpha value is -1.39. The Labute approximate surface area is 123 Å². The summed E-state index contributed by atoms with van der Waals surface area (Å²) in [5.74, 6) is 0. The molecule has 0 unspecified atom stereocenters. The highest BCUT2D eigenvalue weighted by atomic mass is 31.1. The van der Waals surface area contributed by atoms with Gasteiger partial charge in [-0.2, -0.15) is 0 Å². The first-order valence-corrected chi connectivity index (χ1v) is 8.71. The predicted octanol–water partition coefficient (Wildman–Crippen LogP) is 4.71. The second kappa shape index (κ2) is 5.54. The molecule has 0 aromatic heterocycles. The third-order valence-electron chi connectivity index (χ3n) is 3.99. The van der Waals surface area contributed by atoms with Gasteiger partial charge in [0.1, 0.15) is 0 Å². The van der Waals surface area contributed by atoms with E-state index in [2.05, 4.69) is 81.5 Å². The first-order chi connectivity index (χ1) is 9.66. The average Bonchev–Trinajstić information content (AvgIpc) is 3.07. The lowest BCUT2D eigenvalue weighted by Gasteiger charge is -2.30. The molecule has 1 heteroatoms. The fraction of sp³-hybridized carbons (Fsp3) is 0.263. The zero-order chi connectivity index (χ0) is 14.1. The van der Waals surface area contributed by atoms with E-state index in [1.807, 2.05) is 0 Å². The molecule has 0 saturated carbocycles. The number of allylic oxidation sites excluding steroid dienone is 8. The van der Waals surface area contributed by atoms with Crippen molar-refractivity contribution in [1.29, 1.82) is 0 Å². The highest BCUT2D eigenvalue weighted by Gasteiger charge is 2.29. The van der Waals surface area contributed by atoms with Crippen LogP contribution in [0.1, 0.15) is 16.7 Å². The van der Waals surface area contributed by atoms with E-state index in [0.717, 1.165) is 0 Å². The molecule has 0 heterocycles. The molecule has 0 fully saturated rings. The van der Waals surface area contributed by atoms with Gasteiger partial charge in [-0.15, -0.1) is 0 Å². The standard InChI is InChI=1S/C19H21P/c1-14-12-15(2)19(16(3)13-14)20(17-8-4-5-9-17)18-10-6-7-11-18/h4-13,17-18H,1-3H3. The Morgan fingerprint density at radius 3 is 1.50 bits per heavy atom. The topological polar surface area (TPSA) is 0 Å². The number of hydrogen-bond donors (Lipinski definition) is 0. The summed E-state index contributed by atoms with van der Waals surface area (Å²) in [5.41, 5.74) is 5.42. The highest BCUT2D eigenvalue weighted by molar-refractivity contribution is 7.68. The van der Waals surface area contributed by atoms with E-state index in [4.69, 9.17) is 0 Å². The lowest BCUT2D eigenvalue weighted by Crippen LogP contribution is -2.21. The summed E-state index contributed by atoms with van der Waals surface area (Å²) in [6.07, 6.45) is 18.2. The lowest BCUT2D eigenvalue weighted by atomic mass is 10.1. The fourth-order valence-corrected chi connectivity index (χ4v) is 6.36. The summed E-state index contributed by atoms with van der Waals surface area (Å²) < 4.78 is 0. The summed E-state index contributed by atoms with van der Waals surface area (Å²) in [6, 6.07) is 4.67. The molecule has 1 aromatic rings. The maximum Gasteiger partial charge on any atom is 0.0205 e. The van der Waals surface area contributed by atoms with Gasteiger partial charge in [0.15, 0.2) is 0 Å². The van der Waals surface area contributed by atoms with E-state index >= 15 is 0 Å². The third kappa shape index (κ3) is 2.45. The van der Waals surface area contributed by atoms with Gasteiger partial charge in [-0.1, -0.05) is 74.2 Å². The van der Waals surface area contributed by atoms with Crippen LogP contribution in [0.25, 0.3) is 0 Å². The van der Waals surface area contributed by atoms with E-state index in [-0.39, 0.29) is 7.92 Å². The molecule has 0 nitrogen and oxygen atoms in total. The number of rotatable bonds is 3. The molecule has 20 heavy (non-hydrogen) atoms. The minimum absolute atomic E-state index is 0.259. The van der Waals surface area contributed by atoms with Crippen molar-refractivity contribution in [3.8, 4) is 0 Å². The quantitative estimate of drug-likeness (QED) is 0.703. The van der Waals surface area contributed by atoms with Crippen LogP contribution in [0.2, 0.25) is 0 Å². The maximum absolute atomic E-state index is 2.37. The van der Waals surface area contributed by atoms with E-state index < -0.39 is 0 Å². The Bertz CT molecular complexity index is 556. The summed E-state index contributed by atoms with van der Waals surface area (Å²) in [7, 11) is -0.259. The zero-order valence-electron chi connectivity index (χ0n) is 12.4. The van der Waals surface area contributed by atoms with E-state index in [0.29, 0.717) is 11.3 Å². The smallest absolute Gasteiger partial charge is 0.0205 e. The van der Waals surface area contributed by atoms with Crippen molar-refractivity contribution in [1.82, 2.24) is 0 Å². The van der Waals surface area contributed by atoms with E-state index in [1.165, 1.54) is 16.7 Å². The van der Waals surface area contributed by atoms with Crippen molar-refractivity contribution in [3.63, 3.8) is 0 Å². The minimum atomic E-state index is -0.259. The van der Waals surface area contributed by atoms with Gasteiger partial charge in [-0.25, -0.2) is 0 Å². The summed E-state index contributed by atoms with van der Waals surface area (Å²) in [4.78, 5) is 0. The molecule has 0 aliphatic heterocycles. The van der Waals surface area contributed by atoms with Crippen LogP contribution in [0.4, 0.5) is 0 Å². The van der Waals surface area contributed by atoms with Crippen LogP contribution in [0.15, 0.2) is 60.7 Å². The molecule has 0 radical (unpaired) electrons. The third-order valence-corrected chi connectivity index (χ3v) is 7.19. The first-order valence-electron chi connectivity index (χ1n) is 7.23. The van der Waals surface area contributed by atoms with Crippen LogP contribution in [-0.4, -0.2) is 11.3 Å². The van der Waals surface area contributed by atoms with Crippen molar-refractivity contribution in [2.75, 3.05) is 0 Å². The van der Waals surface area contributed by atoms with Gasteiger partial charge >= 0.3 is 0 Å². The Kier molecular flexibility index (Phi) is 3.76. The van der Waals surface area contributed by atoms with Gasteiger partial charge in [-0.3, -0.25) is 0 Å². The molecule has 0 saturated heterocycles. The molecule has 1 aromatic carbocycles. The molecular formula is C19H21P. The maximum atomic E-state index is 2.37. The second-order valence-electron chi connectivity index (χ2n) is 5.68. The van der Waals surface area contributed by atoms with E-state index in [1.54, 1.807) is 5.30 Å². The van der Waals surface area contributed by atoms with Gasteiger partial charge in [0.25, 0.3) is 0 Å². The van der Waals surface area contributed by atoms with E-state index in [9.17, 15) is 0 Å². The molecule has 0 atom stereocenters. The van der Waals surface area contributed by atoms with Crippen LogP contribution >= 0.6 is 7.92 Å². The molecule has 3 rings (SSSR count). The molecular weight excluding hydrogens is 259 g/mol. The summed E-state index contributed by atoms with van der Waals surface area (Å²) in [5, 5.41) is 1.59. The van der Waals surface area contributed by atoms with Crippen molar-refractivity contribution in [3.05, 3.63) is 77.4 Å². The Morgan fingerprint density at radius 1 is 0.700 bits per heavy atom. The predicted molar refractivity (Wildman–Crippen MR) is 91.3 cm³/mol. The minimum Gasteiger partial charge on any atom is -0.0730 e. The van der Waals surface area contributed by atoms with Gasteiger partial charge < -0.3 is 0 Å². The highest BCUT2D eigenvalue weighted by Crippen LogP contribution is 2.51. The fourth-order valence-electron chi connectivity index (χ4n) is 3.29. The summed E-state index contributed by atoms with van der Waals surface area (Å²) in [6.45, 7) is 6.74. The number of hydrogen-bond acceptors (Lipinski definition) is 0. The molecule has 2 aliphatic rings. The largest absolute Gasteiger partial charge is 0.0730 e. The van der Waals surface area contributed by atoms with Gasteiger partial charge in [0.2, 0.25) is 0 Å². The van der Waals surface area contributed by atoms with Gasteiger partial charge in [0, 0.05) is 11.3 Å². The Morgan fingerprint density at radius 2 is 1.10 bits per heavy atom. The summed E-state index contributed by atoms with van der Waals surface area (Å²) >= 11 is 0. The van der Waals surface area contributed by atoms with Gasteiger partial charge in [0.05, 0.1) is 0 Å².